The normalized spacial score (nSPS) is 21.8. The summed E-state index contributed by atoms with van der Waals surface area (Å²) >= 11 is 0. The molecule has 1 amide bonds. The molecule has 9 unspecified atom stereocenters. The highest BCUT2D eigenvalue weighted by atomic mass is 16.7. The molecule has 1 saturated heterocycles. The lowest BCUT2D eigenvalue weighted by molar-refractivity contribution is -0.303. The summed E-state index contributed by atoms with van der Waals surface area (Å²) in [6, 6.07) is -1.19. The van der Waals surface area contributed by atoms with E-state index in [0.717, 1.165) is 38.5 Å². The molecule has 0 saturated carbocycles. The lowest BCUT2D eigenvalue weighted by Crippen LogP contribution is -2.60. The number of carbonyl (C=O) groups excluding carboxylic acids is 1. The SMILES string of the molecule is CCCCCCCCCCCCCCCC/C=C/CC/C=C/CCCC(O)C(O)C(COC1OC(CO)C(O)C(O)C1O)NC(=O)C(O)CCCCCCCCCCCC. The standard InChI is InChI=1S/C49H93NO10/c1-3-5-7-9-11-13-15-16-17-18-19-20-21-22-23-24-25-26-27-29-30-32-34-36-41(52)44(54)40(39-59-49-47(57)46(56)45(55)43(38-51)60-49)50-48(58)42(53)37-35-33-31-28-14-12-10-8-6-4-2/h24-25,29-30,40-47,49,51-57H,3-23,26-28,31-39H2,1-2H3,(H,50,58)/b25-24+,30-29+. The Hall–Kier alpha value is -1.41. The molecule has 1 aliphatic heterocycles. The fourth-order valence-corrected chi connectivity index (χ4v) is 7.87. The number of allylic oxidation sites excluding steroid dienone is 4. The number of amides is 1. The summed E-state index contributed by atoms with van der Waals surface area (Å²) in [5, 5.41) is 75.6. The minimum Gasteiger partial charge on any atom is -0.394 e. The van der Waals surface area contributed by atoms with Crippen LogP contribution in [-0.2, 0) is 14.3 Å². The predicted molar refractivity (Wildman–Crippen MR) is 242 cm³/mol. The Labute approximate surface area is 365 Å². The maximum Gasteiger partial charge on any atom is 0.249 e. The molecule has 1 aliphatic rings. The molecule has 0 bridgehead atoms. The Morgan fingerprint density at radius 3 is 1.48 bits per heavy atom. The van der Waals surface area contributed by atoms with Gasteiger partial charge in [0.1, 0.15) is 36.6 Å². The fourth-order valence-electron chi connectivity index (χ4n) is 7.87. The monoisotopic (exact) mass is 856 g/mol. The van der Waals surface area contributed by atoms with Gasteiger partial charge in [-0.05, 0) is 51.4 Å². The van der Waals surface area contributed by atoms with Gasteiger partial charge in [-0.25, -0.2) is 0 Å². The van der Waals surface area contributed by atoms with Crippen LogP contribution in [-0.4, -0.2) is 110 Å². The molecular formula is C49H93NO10. The topological polar surface area (TPSA) is 189 Å². The van der Waals surface area contributed by atoms with Crippen LogP contribution in [0.3, 0.4) is 0 Å². The maximum atomic E-state index is 13.0. The molecule has 11 heteroatoms. The highest BCUT2D eigenvalue weighted by Gasteiger charge is 2.44. The third-order valence-corrected chi connectivity index (χ3v) is 12.0. The van der Waals surface area contributed by atoms with Gasteiger partial charge < -0.3 is 50.5 Å². The van der Waals surface area contributed by atoms with Gasteiger partial charge in [0.05, 0.1) is 25.4 Å². The van der Waals surface area contributed by atoms with E-state index in [1.165, 1.54) is 128 Å². The van der Waals surface area contributed by atoms with Crippen molar-refractivity contribution in [2.75, 3.05) is 13.2 Å². The summed E-state index contributed by atoms with van der Waals surface area (Å²) < 4.78 is 11.1. The van der Waals surface area contributed by atoms with Gasteiger partial charge in [-0.2, -0.15) is 0 Å². The average Bonchev–Trinajstić information content (AvgIpc) is 3.25. The number of rotatable bonds is 41. The van der Waals surface area contributed by atoms with Gasteiger partial charge in [-0.3, -0.25) is 4.79 Å². The van der Waals surface area contributed by atoms with Crippen molar-refractivity contribution in [2.45, 2.75) is 268 Å². The second-order valence-corrected chi connectivity index (χ2v) is 17.5. The van der Waals surface area contributed by atoms with Gasteiger partial charge >= 0.3 is 0 Å². The Bertz CT molecular complexity index is 1030. The zero-order valence-corrected chi connectivity index (χ0v) is 38.2. The molecule has 11 nitrogen and oxygen atoms in total. The van der Waals surface area contributed by atoms with Crippen molar-refractivity contribution < 1.29 is 50.0 Å². The summed E-state index contributed by atoms with van der Waals surface area (Å²) in [4.78, 5) is 13.0. The van der Waals surface area contributed by atoms with E-state index in [1.807, 2.05) is 0 Å². The second kappa shape index (κ2) is 39.2. The summed E-state index contributed by atoms with van der Waals surface area (Å²) in [7, 11) is 0. The minimum absolute atomic E-state index is 0.248. The van der Waals surface area contributed by atoms with E-state index in [0.29, 0.717) is 19.3 Å². The van der Waals surface area contributed by atoms with Crippen molar-refractivity contribution in [1.82, 2.24) is 5.32 Å². The minimum atomic E-state index is -1.67. The molecule has 0 spiro atoms. The number of aliphatic hydroxyl groups excluding tert-OH is 7. The van der Waals surface area contributed by atoms with Crippen molar-refractivity contribution >= 4 is 5.91 Å². The van der Waals surface area contributed by atoms with Gasteiger partial charge in [0.15, 0.2) is 6.29 Å². The number of nitrogens with one attached hydrogen (secondary N) is 1. The summed E-state index contributed by atoms with van der Waals surface area (Å²) in [5.41, 5.74) is 0. The van der Waals surface area contributed by atoms with E-state index in [1.54, 1.807) is 0 Å². The summed E-state index contributed by atoms with van der Waals surface area (Å²) in [6.45, 7) is 3.40. The van der Waals surface area contributed by atoms with E-state index < -0.39 is 74.2 Å². The largest absolute Gasteiger partial charge is 0.394 e. The van der Waals surface area contributed by atoms with Crippen molar-refractivity contribution in [3.8, 4) is 0 Å². The third kappa shape index (κ3) is 28.3. The number of carbonyl (C=O) groups is 1. The molecule has 0 aromatic carbocycles. The third-order valence-electron chi connectivity index (χ3n) is 12.0. The number of hydrogen-bond acceptors (Lipinski definition) is 10. The number of ether oxygens (including phenoxy) is 2. The van der Waals surface area contributed by atoms with Crippen LogP contribution in [0.15, 0.2) is 24.3 Å². The quantitative estimate of drug-likeness (QED) is 0.0218. The van der Waals surface area contributed by atoms with E-state index in [-0.39, 0.29) is 12.8 Å². The van der Waals surface area contributed by atoms with Crippen LogP contribution in [0.25, 0.3) is 0 Å². The lowest BCUT2D eigenvalue weighted by Gasteiger charge is -2.40. The predicted octanol–water partition coefficient (Wildman–Crippen LogP) is 8.62. The van der Waals surface area contributed by atoms with Crippen LogP contribution >= 0.6 is 0 Å². The molecule has 0 radical (unpaired) electrons. The second-order valence-electron chi connectivity index (χ2n) is 17.5. The van der Waals surface area contributed by atoms with Gasteiger partial charge in [0.2, 0.25) is 5.91 Å². The highest BCUT2D eigenvalue weighted by molar-refractivity contribution is 5.80. The van der Waals surface area contributed by atoms with E-state index in [9.17, 15) is 40.5 Å². The molecule has 0 aliphatic carbocycles. The molecule has 1 fully saturated rings. The molecule has 0 aromatic heterocycles. The lowest BCUT2D eigenvalue weighted by atomic mass is 9.98. The van der Waals surface area contributed by atoms with Crippen molar-refractivity contribution in [3.05, 3.63) is 24.3 Å². The molecular weight excluding hydrogens is 763 g/mol. The van der Waals surface area contributed by atoms with Crippen LogP contribution < -0.4 is 5.32 Å². The van der Waals surface area contributed by atoms with E-state index in [2.05, 4.69) is 43.5 Å². The van der Waals surface area contributed by atoms with Crippen LogP contribution in [0.1, 0.15) is 213 Å². The van der Waals surface area contributed by atoms with Crippen LogP contribution in [0.2, 0.25) is 0 Å². The first-order valence-electron chi connectivity index (χ1n) is 24.7. The first-order chi connectivity index (χ1) is 29.2. The molecule has 0 aromatic rings. The molecule has 1 heterocycles. The average molecular weight is 856 g/mol. The fraction of sp³-hybridized carbons (Fsp3) is 0.898. The van der Waals surface area contributed by atoms with Gasteiger partial charge in [-0.15, -0.1) is 0 Å². The smallest absolute Gasteiger partial charge is 0.249 e. The Morgan fingerprint density at radius 2 is 1.00 bits per heavy atom. The number of unbranched alkanes of at least 4 members (excludes halogenated alkanes) is 25. The zero-order valence-electron chi connectivity index (χ0n) is 38.2. The van der Waals surface area contributed by atoms with Gasteiger partial charge in [-0.1, -0.05) is 186 Å². The highest BCUT2D eigenvalue weighted by Crippen LogP contribution is 2.23. The summed E-state index contributed by atoms with van der Waals surface area (Å²) in [6.07, 6.45) is 32.5. The van der Waals surface area contributed by atoms with Crippen LogP contribution in [0, 0.1) is 0 Å². The number of aliphatic hydroxyl groups is 7. The zero-order chi connectivity index (χ0) is 44.1. The number of hydrogen-bond donors (Lipinski definition) is 8. The van der Waals surface area contributed by atoms with E-state index in [4.69, 9.17) is 9.47 Å². The van der Waals surface area contributed by atoms with Crippen molar-refractivity contribution in [2.24, 2.45) is 0 Å². The Balaban J connectivity index is 2.39. The summed E-state index contributed by atoms with van der Waals surface area (Å²) in [5.74, 6) is -0.712. The maximum absolute atomic E-state index is 13.0. The first kappa shape index (κ1) is 56.6. The van der Waals surface area contributed by atoms with E-state index >= 15 is 0 Å². The first-order valence-corrected chi connectivity index (χ1v) is 24.7. The Morgan fingerprint density at radius 1 is 0.567 bits per heavy atom. The molecule has 1 rings (SSSR count). The Kier molecular flexibility index (Phi) is 37.0. The molecule has 9 atom stereocenters. The molecule has 354 valence electrons. The van der Waals surface area contributed by atoms with Gasteiger partial charge in [0.25, 0.3) is 0 Å². The van der Waals surface area contributed by atoms with Crippen molar-refractivity contribution in [3.63, 3.8) is 0 Å². The van der Waals surface area contributed by atoms with Crippen LogP contribution in [0.4, 0.5) is 0 Å². The van der Waals surface area contributed by atoms with Crippen LogP contribution in [0.5, 0.6) is 0 Å². The van der Waals surface area contributed by atoms with Crippen molar-refractivity contribution in [1.29, 1.82) is 0 Å². The molecule has 8 N–H and O–H groups in total. The van der Waals surface area contributed by atoms with Gasteiger partial charge in [0, 0.05) is 0 Å². The molecule has 60 heavy (non-hydrogen) atoms.